The molecule has 2 aromatic carbocycles. The molecule has 0 radical (unpaired) electrons. The number of pyridine rings is 1. The van der Waals surface area contributed by atoms with Crippen LogP contribution >= 0.6 is 22.6 Å². The van der Waals surface area contributed by atoms with Crippen molar-refractivity contribution in [3.8, 4) is 22.8 Å². The fraction of sp³-hybridized carbons (Fsp3) is 0.0625. The van der Waals surface area contributed by atoms with Gasteiger partial charge in [-0.2, -0.15) is 4.73 Å². The number of ether oxygens (including phenoxy) is 2. The third-order valence-electron chi connectivity index (χ3n) is 3.51. The van der Waals surface area contributed by atoms with Crippen LogP contribution in [0, 0.1) is 8.78 Å². The van der Waals surface area contributed by atoms with Crippen LogP contribution in [0.25, 0.3) is 22.0 Å². The molecule has 4 rings (SSSR count). The van der Waals surface area contributed by atoms with Gasteiger partial charge in [-0.15, -0.1) is 0 Å². The van der Waals surface area contributed by atoms with Gasteiger partial charge in [0, 0.05) is 10.9 Å². The molecule has 0 saturated heterocycles. The second-order valence-electron chi connectivity index (χ2n) is 4.78. The SMILES string of the molecule is [O-][n+]1cc2cc3c(cc2c(I)c1-c1ccccc1)OCO3. The van der Waals surface area contributed by atoms with Gasteiger partial charge in [0.25, 0.3) is 0 Å². The number of hydrogen-bond donors (Lipinski definition) is 0. The number of hydrogen-bond acceptors (Lipinski definition) is 3. The van der Waals surface area contributed by atoms with Crippen molar-refractivity contribution in [2.45, 2.75) is 0 Å². The van der Waals surface area contributed by atoms with Gasteiger partial charge in [0.2, 0.25) is 12.5 Å². The van der Waals surface area contributed by atoms with Gasteiger partial charge in [0.1, 0.15) is 0 Å². The van der Waals surface area contributed by atoms with Gasteiger partial charge in [-0.25, -0.2) is 0 Å². The highest BCUT2D eigenvalue weighted by atomic mass is 127. The van der Waals surface area contributed by atoms with Crippen LogP contribution in [0.15, 0.2) is 48.7 Å². The Bertz CT molecular complexity index is 849. The maximum absolute atomic E-state index is 12.4. The van der Waals surface area contributed by atoms with Crippen molar-refractivity contribution in [3.05, 3.63) is 57.4 Å². The summed E-state index contributed by atoms with van der Waals surface area (Å²) in [5.41, 5.74) is 1.55. The van der Waals surface area contributed by atoms with Gasteiger partial charge >= 0.3 is 0 Å². The van der Waals surface area contributed by atoms with Gasteiger partial charge in [0.15, 0.2) is 17.7 Å². The van der Waals surface area contributed by atoms with Crippen molar-refractivity contribution in [1.29, 1.82) is 0 Å². The van der Waals surface area contributed by atoms with E-state index in [1.54, 1.807) is 6.20 Å². The maximum atomic E-state index is 12.4. The lowest BCUT2D eigenvalue weighted by atomic mass is 10.1. The van der Waals surface area contributed by atoms with Crippen molar-refractivity contribution in [3.63, 3.8) is 0 Å². The van der Waals surface area contributed by atoms with Crippen LogP contribution in [0.5, 0.6) is 11.5 Å². The Labute approximate surface area is 134 Å². The molecule has 0 saturated carbocycles. The molecule has 1 aliphatic heterocycles. The molecule has 0 aliphatic carbocycles. The smallest absolute Gasteiger partial charge is 0.237 e. The lowest BCUT2D eigenvalue weighted by Gasteiger charge is -2.10. The summed E-state index contributed by atoms with van der Waals surface area (Å²) in [4.78, 5) is 0. The second-order valence-corrected chi connectivity index (χ2v) is 5.85. The Morgan fingerprint density at radius 2 is 1.76 bits per heavy atom. The molecule has 1 aromatic heterocycles. The first-order chi connectivity index (χ1) is 10.2. The molecule has 0 N–H and O–H groups in total. The Morgan fingerprint density at radius 3 is 2.52 bits per heavy atom. The van der Waals surface area contributed by atoms with Crippen LogP contribution in [0.3, 0.4) is 0 Å². The highest BCUT2D eigenvalue weighted by Crippen LogP contribution is 2.38. The summed E-state index contributed by atoms with van der Waals surface area (Å²) in [5, 5.41) is 14.2. The Morgan fingerprint density at radius 1 is 1.05 bits per heavy atom. The highest BCUT2D eigenvalue weighted by molar-refractivity contribution is 14.1. The second kappa shape index (κ2) is 4.77. The molecule has 0 fully saturated rings. The summed E-state index contributed by atoms with van der Waals surface area (Å²) < 4.78 is 12.6. The van der Waals surface area contributed by atoms with E-state index < -0.39 is 0 Å². The summed E-state index contributed by atoms with van der Waals surface area (Å²) in [7, 11) is 0. The number of rotatable bonds is 1. The molecular formula is C16H10INO3. The molecule has 1 aliphatic rings. The molecule has 3 aromatic rings. The van der Waals surface area contributed by atoms with E-state index >= 15 is 0 Å². The zero-order chi connectivity index (χ0) is 14.4. The molecule has 0 amide bonds. The number of halogens is 1. The van der Waals surface area contributed by atoms with Crippen molar-refractivity contribution >= 4 is 33.4 Å². The fourth-order valence-electron chi connectivity index (χ4n) is 2.52. The monoisotopic (exact) mass is 391 g/mol. The Hall–Kier alpha value is -2.02. The topological polar surface area (TPSA) is 45.4 Å². The molecular weight excluding hydrogens is 381 g/mol. The normalized spacial score (nSPS) is 12.8. The van der Waals surface area contributed by atoms with E-state index in [2.05, 4.69) is 22.6 Å². The lowest BCUT2D eigenvalue weighted by Crippen LogP contribution is -2.29. The number of aromatic nitrogens is 1. The van der Waals surface area contributed by atoms with Crippen molar-refractivity contribution in [1.82, 2.24) is 0 Å². The largest absolute Gasteiger partial charge is 0.618 e. The minimum atomic E-state index is 0.227. The van der Waals surface area contributed by atoms with Gasteiger partial charge in [-0.1, -0.05) is 18.2 Å². The number of benzene rings is 2. The van der Waals surface area contributed by atoms with Crippen LogP contribution in [0.1, 0.15) is 0 Å². The van der Waals surface area contributed by atoms with Crippen LogP contribution in [-0.2, 0) is 0 Å². The summed E-state index contributed by atoms with van der Waals surface area (Å²) >= 11 is 2.22. The van der Waals surface area contributed by atoms with Gasteiger partial charge in [-0.05, 0) is 46.9 Å². The first-order valence-electron chi connectivity index (χ1n) is 6.44. The maximum Gasteiger partial charge on any atom is 0.237 e. The lowest BCUT2D eigenvalue weighted by molar-refractivity contribution is -0.592. The Balaban J connectivity index is 2.03. The molecule has 0 unspecified atom stereocenters. The first kappa shape index (κ1) is 12.7. The highest BCUT2D eigenvalue weighted by Gasteiger charge is 2.21. The summed E-state index contributed by atoms with van der Waals surface area (Å²) in [6.45, 7) is 0.227. The number of nitrogens with zero attached hydrogens (tertiary/aromatic N) is 1. The molecule has 2 heterocycles. The molecule has 0 bridgehead atoms. The molecule has 104 valence electrons. The van der Waals surface area contributed by atoms with Crippen LogP contribution in [0.4, 0.5) is 0 Å². The van der Waals surface area contributed by atoms with E-state index in [1.165, 1.54) is 0 Å². The van der Waals surface area contributed by atoms with E-state index in [0.29, 0.717) is 11.4 Å². The minimum absolute atomic E-state index is 0.227. The molecule has 21 heavy (non-hydrogen) atoms. The first-order valence-corrected chi connectivity index (χ1v) is 7.52. The van der Waals surface area contributed by atoms with Crippen molar-refractivity contribution < 1.29 is 14.2 Å². The van der Waals surface area contributed by atoms with Crippen LogP contribution in [-0.4, -0.2) is 6.79 Å². The van der Waals surface area contributed by atoms with Crippen LogP contribution < -0.4 is 14.2 Å². The van der Waals surface area contributed by atoms with Crippen molar-refractivity contribution in [2.75, 3.05) is 6.79 Å². The summed E-state index contributed by atoms with van der Waals surface area (Å²) in [5.74, 6) is 1.41. The molecule has 0 atom stereocenters. The number of fused-ring (bicyclic) bond motifs is 2. The van der Waals surface area contributed by atoms with E-state index in [4.69, 9.17) is 9.47 Å². The average Bonchev–Trinajstić information content (AvgIpc) is 2.94. The Kier molecular flexibility index (Phi) is 2.88. The zero-order valence-corrected chi connectivity index (χ0v) is 13.0. The molecule has 5 heteroatoms. The summed E-state index contributed by atoms with van der Waals surface area (Å²) in [6, 6.07) is 13.4. The van der Waals surface area contributed by atoms with Crippen molar-refractivity contribution in [2.24, 2.45) is 0 Å². The third kappa shape index (κ3) is 1.99. The van der Waals surface area contributed by atoms with Gasteiger partial charge in [0.05, 0.1) is 8.96 Å². The predicted octanol–water partition coefficient (Wildman–Crippen LogP) is 3.47. The van der Waals surface area contributed by atoms with E-state index in [9.17, 15) is 5.21 Å². The van der Waals surface area contributed by atoms with Gasteiger partial charge in [-0.3, -0.25) is 0 Å². The van der Waals surface area contributed by atoms with E-state index in [1.807, 2.05) is 42.5 Å². The minimum Gasteiger partial charge on any atom is -0.618 e. The van der Waals surface area contributed by atoms with E-state index in [0.717, 1.165) is 30.4 Å². The van der Waals surface area contributed by atoms with Crippen LogP contribution in [0.2, 0.25) is 0 Å². The summed E-state index contributed by atoms with van der Waals surface area (Å²) in [6.07, 6.45) is 1.59. The fourth-order valence-corrected chi connectivity index (χ4v) is 3.54. The zero-order valence-electron chi connectivity index (χ0n) is 10.9. The molecule has 0 spiro atoms. The standard InChI is InChI=1S/C16H10INO3/c17-15-12-7-14-13(20-9-21-14)6-11(12)8-18(19)16(15)10-4-2-1-3-5-10/h1-8H,9H2. The van der Waals surface area contributed by atoms with Gasteiger partial charge < -0.3 is 14.7 Å². The van der Waals surface area contributed by atoms with E-state index in [-0.39, 0.29) is 6.79 Å². The predicted molar refractivity (Wildman–Crippen MR) is 87.2 cm³/mol. The third-order valence-corrected chi connectivity index (χ3v) is 4.61. The average molecular weight is 391 g/mol. The molecule has 4 nitrogen and oxygen atoms in total. The quantitative estimate of drug-likeness (QED) is 0.363.